The van der Waals surface area contributed by atoms with Gasteiger partial charge in [-0.2, -0.15) is 0 Å². The van der Waals surface area contributed by atoms with Crippen LogP contribution in [-0.2, 0) is 0 Å². The third-order valence-electron chi connectivity index (χ3n) is 4.30. The summed E-state index contributed by atoms with van der Waals surface area (Å²) in [4.78, 5) is 19.8. The normalized spacial score (nSPS) is 11.2. The fourth-order valence-electron chi connectivity index (χ4n) is 2.80. The van der Waals surface area contributed by atoms with E-state index >= 15 is 0 Å². The van der Waals surface area contributed by atoms with Crippen LogP contribution < -0.4 is 9.84 Å². The zero-order valence-electron chi connectivity index (χ0n) is 15.3. The van der Waals surface area contributed by atoms with Crippen molar-refractivity contribution in [2.75, 3.05) is 7.11 Å². The largest absolute Gasteiger partial charge is 0.872 e. The molecule has 0 bridgehead atoms. The fraction of sp³-hybridized carbons (Fsp3) is 0.0455. The van der Waals surface area contributed by atoms with Crippen molar-refractivity contribution in [3.8, 4) is 23.0 Å². The van der Waals surface area contributed by atoms with Crippen molar-refractivity contribution in [3.63, 3.8) is 0 Å². The van der Waals surface area contributed by atoms with E-state index in [9.17, 15) is 9.90 Å². The van der Waals surface area contributed by atoms with Gasteiger partial charge in [-0.25, -0.2) is 9.78 Å². The molecule has 7 heteroatoms. The average molecular weight is 387 g/mol. The van der Waals surface area contributed by atoms with Gasteiger partial charge >= 0.3 is 5.97 Å². The number of aliphatic imine (C=N–C) groups is 1. The van der Waals surface area contributed by atoms with Gasteiger partial charge in [0.05, 0.1) is 18.4 Å². The number of ether oxygens (including phenoxy) is 1. The zero-order valence-corrected chi connectivity index (χ0v) is 15.3. The minimum atomic E-state index is -1.10. The Morgan fingerprint density at radius 1 is 1.17 bits per heavy atom. The van der Waals surface area contributed by atoms with E-state index < -0.39 is 5.97 Å². The van der Waals surface area contributed by atoms with E-state index in [1.807, 2.05) is 24.3 Å². The summed E-state index contributed by atoms with van der Waals surface area (Å²) < 4.78 is 11.0. The van der Waals surface area contributed by atoms with Crippen LogP contribution in [0.15, 0.2) is 70.1 Å². The fourth-order valence-corrected chi connectivity index (χ4v) is 2.80. The number of nitrogens with zero attached hydrogens (tertiary/aromatic N) is 2. The first-order chi connectivity index (χ1) is 14.0. The molecule has 7 nitrogen and oxygen atoms in total. The number of hydrogen-bond acceptors (Lipinski definition) is 6. The standard InChI is InChI=1S/C22H16N2O5/c1-28-17-4-2-3-13(10-17)21-24-18-11-16(6-8-20(18)29-21)23-12-15-9-14(22(26)27)5-7-19(15)25/h2-12,25H,1H3,(H,26,27)/p-1. The van der Waals surface area contributed by atoms with Gasteiger partial charge in [0.1, 0.15) is 11.3 Å². The Hall–Kier alpha value is -4.13. The van der Waals surface area contributed by atoms with Crippen LogP contribution in [0.4, 0.5) is 5.69 Å². The number of carbonyl (C=O) groups is 1. The smallest absolute Gasteiger partial charge is 0.335 e. The minimum absolute atomic E-state index is 0.0286. The second kappa shape index (κ2) is 7.47. The summed E-state index contributed by atoms with van der Waals surface area (Å²) in [7, 11) is 1.59. The van der Waals surface area contributed by atoms with Crippen molar-refractivity contribution in [1.82, 2.24) is 4.98 Å². The predicted octanol–water partition coefficient (Wildman–Crippen LogP) is 4.03. The van der Waals surface area contributed by atoms with Crippen LogP contribution >= 0.6 is 0 Å². The molecule has 1 N–H and O–H groups in total. The molecule has 0 atom stereocenters. The van der Waals surface area contributed by atoms with Crippen LogP contribution in [0.5, 0.6) is 11.5 Å². The lowest BCUT2D eigenvalue weighted by atomic mass is 10.1. The molecule has 4 rings (SSSR count). The number of oxazole rings is 1. The maximum Gasteiger partial charge on any atom is 0.335 e. The molecule has 0 spiro atoms. The van der Waals surface area contributed by atoms with Gasteiger partial charge in [0.2, 0.25) is 5.89 Å². The van der Waals surface area contributed by atoms with Crippen molar-refractivity contribution >= 4 is 29.0 Å². The van der Waals surface area contributed by atoms with E-state index in [-0.39, 0.29) is 16.9 Å². The highest BCUT2D eigenvalue weighted by atomic mass is 16.5. The van der Waals surface area contributed by atoms with Crippen molar-refractivity contribution in [2.24, 2.45) is 4.99 Å². The molecule has 0 saturated carbocycles. The van der Waals surface area contributed by atoms with E-state index in [0.717, 1.165) is 5.56 Å². The highest BCUT2D eigenvalue weighted by Crippen LogP contribution is 2.29. The van der Waals surface area contributed by atoms with Gasteiger partial charge in [0.15, 0.2) is 5.58 Å². The molecular formula is C22H15N2O5-. The molecule has 0 aliphatic rings. The Kier molecular flexibility index (Phi) is 4.70. The quantitative estimate of drug-likeness (QED) is 0.518. The number of aromatic carboxylic acids is 1. The van der Waals surface area contributed by atoms with Gasteiger partial charge in [0.25, 0.3) is 0 Å². The summed E-state index contributed by atoms with van der Waals surface area (Å²) in [6.45, 7) is 0. The molecule has 4 aromatic rings. The van der Waals surface area contributed by atoms with E-state index in [2.05, 4.69) is 9.98 Å². The summed E-state index contributed by atoms with van der Waals surface area (Å²) >= 11 is 0. The van der Waals surface area contributed by atoms with Crippen LogP contribution in [0.25, 0.3) is 22.6 Å². The van der Waals surface area contributed by atoms with Gasteiger partial charge in [-0.3, -0.25) is 4.99 Å². The molecule has 0 aliphatic heterocycles. The number of rotatable bonds is 5. The molecule has 0 saturated heterocycles. The third kappa shape index (κ3) is 3.79. The maximum absolute atomic E-state index is 11.9. The zero-order chi connectivity index (χ0) is 20.4. The van der Waals surface area contributed by atoms with Gasteiger partial charge in [-0.05, 0) is 54.1 Å². The van der Waals surface area contributed by atoms with E-state index in [4.69, 9.17) is 14.3 Å². The lowest BCUT2D eigenvalue weighted by Gasteiger charge is -2.09. The molecule has 0 aliphatic carbocycles. The highest BCUT2D eigenvalue weighted by molar-refractivity contribution is 5.93. The van der Waals surface area contributed by atoms with Crippen molar-refractivity contribution in [2.45, 2.75) is 0 Å². The number of carboxylic acid groups (broad SMARTS) is 1. The van der Waals surface area contributed by atoms with Crippen LogP contribution in [0.2, 0.25) is 0 Å². The number of fused-ring (bicyclic) bond motifs is 1. The summed E-state index contributed by atoms with van der Waals surface area (Å²) in [6, 6.07) is 16.4. The van der Waals surface area contributed by atoms with Crippen LogP contribution in [0.3, 0.4) is 0 Å². The Labute approximate surface area is 165 Å². The van der Waals surface area contributed by atoms with E-state index in [1.165, 1.54) is 24.4 Å². The Balaban J connectivity index is 1.65. The Bertz CT molecular complexity index is 1240. The molecular weight excluding hydrogens is 372 g/mol. The molecule has 1 heterocycles. The Morgan fingerprint density at radius 3 is 2.83 bits per heavy atom. The number of aromatic nitrogens is 1. The topological polar surface area (TPSA) is 108 Å². The van der Waals surface area contributed by atoms with E-state index in [0.29, 0.717) is 28.4 Å². The molecule has 3 aromatic carbocycles. The molecule has 0 radical (unpaired) electrons. The number of hydrogen-bond donors (Lipinski definition) is 1. The van der Waals surface area contributed by atoms with Crippen LogP contribution in [0.1, 0.15) is 15.9 Å². The van der Waals surface area contributed by atoms with Gasteiger partial charge in [0, 0.05) is 11.8 Å². The molecule has 0 amide bonds. The second-order valence-electron chi connectivity index (χ2n) is 6.22. The monoisotopic (exact) mass is 387 g/mol. The SMILES string of the molecule is COc1cccc(-c2nc3cc(N=Cc4cc(C(=O)O)ccc4[O-])ccc3o2)c1. The molecule has 0 unspecified atom stereocenters. The lowest BCUT2D eigenvalue weighted by molar-refractivity contribution is -0.268. The highest BCUT2D eigenvalue weighted by Gasteiger charge is 2.10. The molecule has 144 valence electrons. The van der Waals surface area contributed by atoms with Crippen LogP contribution in [0, 0.1) is 0 Å². The Morgan fingerprint density at radius 2 is 2.03 bits per heavy atom. The first-order valence-electron chi connectivity index (χ1n) is 8.67. The summed E-state index contributed by atoms with van der Waals surface area (Å²) in [5.41, 5.74) is 2.77. The second-order valence-corrected chi connectivity index (χ2v) is 6.22. The van der Waals surface area contributed by atoms with Crippen molar-refractivity contribution in [1.29, 1.82) is 0 Å². The van der Waals surface area contributed by atoms with Gasteiger partial charge in [-0.1, -0.05) is 12.1 Å². The van der Waals surface area contributed by atoms with Crippen LogP contribution in [-0.4, -0.2) is 29.4 Å². The first kappa shape index (κ1) is 18.2. The van der Waals surface area contributed by atoms with Crippen molar-refractivity contribution in [3.05, 3.63) is 71.8 Å². The average Bonchev–Trinajstić information content (AvgIpc) is 3.16. The summed E-state index contributed by atoms with van der Waals surface area (Å²) in [5, 5.41) is 21.0. The molecule has 29 heavy (non-hydrogen) atoms. The summed E-state index contributed by atoms with van der Waals surface area (Å²) in [6.07, 6.45) is 1.35. The third-order valence-corrected chi connectivity index (χ3v) is 4.30. The first-order valence-corrected chi connectivity index (χ1v) is 8.67. The van der Waals surface area contributed by atoms with Crippen molar-refractivity contribution < 1.29 is 24.2 Å². The maximum atomic E-state index is 11.9. The number of carboxylic acids is 1. The van der Waals surface area contributed by atoms with E-state index in [1.54, 1.807) is 25.3 Å². The van der Waals surface area contributed by atoms with Gasteiger partial charge < -0.3 is 19.4 Å². The minimum Gasteiger partial charge on any atom is -0.872 e. The summed E-state index contributed by atoms with van der Waals surface area (Å²) in [5.74, 6) is -0.251. The number of benzene rings is 3. The predicted molar refractivity (Wildman–Crippen MR) is 106 cm³/mol. The molecule has 1 aromatic heterocycles. The lowest BCUT2D eigenvalue weighted by Crippen LogP contribution is -2.01. The van der Waals surface area contributed by atoms with Gasteiger partial charge in [-0.15, -0.1) is 5.75 Å². The molecule has 0 fully saturated rings. The number of methoxy groups -OCH3 is 1.